The topological polar surface area (TPSA) is 101 Å². The quantitative estimate of drug-likeness (QED) is 0.110. The Morgan fingerprint density at radius 2 is 1.56 bits per heavy atom. The van der Waals surface area contributed by atoms with Gasteiger partial charge >= 0.3 is 0 Å². The number of phenols is 1. The zero-order valence-electron chi connectivity index (χ0n) is 26.7. The SMILES string of the molecule is O=C(/C=C/C(=O)c1cccc2c(OCc3ccccn3)ccc(O)c12)NCCN1CCC(OC(c2ccccc2)c2ccccc2)CC1. The second-order valence-electron chi connectivity index (χ2n) is 11.8. The van der Waals surface area contributed by atoms with Crippen LogP contribution in [0.15, 0.2) is 128 Å². The van der Waals surface area contributed by atoms with Crippen LogP contribution in [0.2, 0.25) is 0 Å². The maximum absolute atomic E-state index is 13.2. The van der Waals surface area contributed by atoms with Crippen LogP contribution >= 0.6 is 0 Å². The van der Waals surface area contributed by atoms with Gasteiger partial charge in [0.1, 0.15) is 24.2 Å². The number of nitrogens with zero attached hydrogens (tertiary/aromatic N) is 2. The molecule has 6 rings (SSSR count). The van der Waals surface area contributed by atoms with Gasteiger partial charge in [0.25, 0.3) is 0 Å². The number of piperidine rings is 1. The smallest absolute Gasteiger partial charge is 0.244 e. The maximum Gasteiger partial charge on any atom is 0.244 e. The summed E-state index contributed by atoms with van der Waals surface area (Å²) in [5.74, 6) is -0.257. The molecule has 0 radical (unpaired) electrons. The van der Waals surface area contributed by atoms with Gasteiger partial charge in [0.05, 0.1) is 11.8 Å². The summed E-state index contributed by atoms with van der Waals surface area (Å²) in [6.45, 7) is 3.17. The molecule has 1 aliphatic rings. The van der Waals surface area contributed by atoms with Crippen LogP contribution in [0.3, 0.4) is 0 Å². The van der Waals surface area contributed by atoms with Gasteiger partial charge in [0, 0.05) is 54.8 Å². The first kappa shape index (κ1) is 32.6. The Morgan fingerprint density at radius 1 is 0.854 bits per heavy atom. The summed E-state index contributed by atoms with van der Waals surface area (Å²) in [7, 11) is 0. The first-order valence-electron chi connectivity index (χ1n) is 16.3. The minimum Gasteiger partial charge on any atom is -0.507 e. The number of carbonyl (C=O) groups excluding carboxylic acids is 2. The Morgan fingerprint density at radius 3 is 2.25 bits per heavy atom. The lowest BCUT2D eigenvalue weighted by molar-refractivity contribution is -0.116. The van der Waals surface area contributed by atoms with Crippen LogP contribution in [0, 0.1) is 0 Å². The van der Waals surface area contributed by atoms with Gasteiger partial charge in [-0.25, -0.2) is 0 Å². The number of rotatable bonds is 13. The van der Waals surface area contributed by atoms with Crippen molar-refractivity contribution < 1.29 is 24.2 Å². The minimum absolute atomic E-state index is 0.0400. The minimum atomic E-state index is -0.390. The zero-order valence-corrected chi connectivity index (χ0v) is 26.7. The van der Waals surface area contributed by atoms with E-state index in [2.05, 4.69) is 39.5 Å². The predicted octanol–water partition coefficient (Wildman–Crippen LogP) is 6.65. The van der Waals surface area contributed by atoms with Crippen molar-refractivity contribution in [2.24, 2.45) is 0 Å². The van der Waals surface area contributed by atoms with E-state index in [1.807, 2.05) is 54.6 Å². The van der Waals surface area contributed by atoms with Gasteiger partial charge in [-0.05, 0) is 54.3 Å². The maximum atomic E-state index is 13.2. The molecule has 5 aromatic rings. The normalized spacial score (nSPS) is 14.0. The summed E-state index contributed by atoms with van der Waals surface area (Å²) in [5.41, 5.74) is 3.33. The number of amides is 1. The second-order valence-corrected chi connectivity index (χ2v) is 11.8. The average molecular weight is 642 g/mol. The lowest BCUT2D eigenvalue weighted by atomic mass is 9.99. The Bertz CT molecular complexity index is 1800. The van der Waals surface area contributed by atoms with Gasteiger partial charge in [0.2, 0.25) is 5.91 Å². The van der Waals surface area contributed by atoms with Crippen LogP contribution in [0.5, 0.6) is 11.5 Å². The fourth-order valence-corrected chi connectivity index (χ4v) is 6.03. The van der Waals surface area contributed by atoms with Crippen molar-refractivity contribution >= 4 is 22.5 Å². The number of likely N-dealkylation sites (tertiary alicyclic amines) is 1. The number of hydrogen-bond acceptors (Lipinski definition) is 7. The van der Waals surface area contributed by atoms with Crippen LogP contribution in [0.4, 0.5) is 0 Å². The van der Waals surface area contributed by atoms with E-state index in [1.54, 1.807) is 30.5 Å². The predicted molar refractivity (Wildman–Crippen MR) is 186 cm³/mol. The molecule has 4 aromatic carbocycles. The molecule has 1 fully saturated rings. The molecule has 0 saturated carbocycles. The van der Waals surface area contributed by atoms with Crippen molar-refractivity contribution in [2.45, 2.75) is 31.7 Å². The second kappa shape index (κ2) is 16.0. The lowest BCUT2D eigenvalue weighted by Gasteiger charge is -2.34. The van der Waals surface area contributed by atoms with Crippen molar-refractivity contribution in [1.29, 1.82) is 0 Å². The van der Waals surface area contributed by atoms with Crippen LogP contribution in [0.1, 0.15) is 46.1 Å². The zero-order chi connectivity index (χ0) is 33.1. The Kier molecular flexibility index (Phi) is 10.9. The fraction of sp³-hybridized carbons (Fsp3) is 0.225. The van der Waals surface area contributed by atoms with E-state index in [1.165, 1.54) is 18.2 Å². The molecule has 2 N–H and O–H groups in total. The standard InChI is InChI=1S/C40H39N3O5/c44-35(33-15-9-16-34-37(19-17-36(45)39(33)34)47-28-31-14-7-8-23-41-31)18-20-38(46)42-24-27-43-25-21-32(22-26-43)48-40(29-10-3-1-4-11-29)30-12-5-2-6-13-30/h1-20,23,32,40,45H,21-22,24-28H2,(H,42,46)/b20-18+. The van der Waals surface area contributed by atoms with Gasteiger partial charge in [-0.1, -0.05) is 84.9 Å². The summed E-state index contributed by atoms with van der Waals surface area (Å²) >= 11 is 0. The highest BCUT2D eigenvalue weighted by atomic mass is 16.5. The number of nitrogens with one attached hydrogen (secondary N) is 1. The van der Waals surface area contributed by atoms with Crippen molar-refractivity contribution in [3.05, 3.63) is 150 Å². The van der Waals surface area contributed by atoms with E-state index in [0.717, 1.165) is 42.8 Å². The van der Waals surface area contributed by atoms with Crippen molar-refractivity contribution in [3.63, 3.8) is 0 Å². The third-order valence-corrected chi connectivity index (χ3v) is 8.53. The highest BCUT2D eigenvalue weighted by molar-refractivity contribution is 6.17. The molecule has 8 heteroatoms. The molecule has 0 unspecified atom stereocenters. The molecular weight excluding hydrogens is 602 g/mol. The largest absolute Gasteiger partial charge is 0.507 e. The van der Waals surface area contributed by atoms with E-state index in [-0.39, 0.29) is 41.8 Å². The Hall–Kier alpha value is -5.31. The molecule has 0 spiro atoms. The fourth-order valence-electron chi connectivity index (χ4n) is 6.03. The Balaban J connectivity index is 0.985. The molecule has 8 nitrogen and oxygen atoms in total. The molecule has 1 amide bonds. The number of aromatic hydroxyl groups is 1. The molecule has 2 heterocycles. The molecule has 1 aromatic heterocycles. The van der Waals surface area contributed by atoms with Crippen LogP contribution in [-0.2, 0) is 16.1 Å². The number of hydrogen-bond donors (Lipinski definition) is 2. The van der Waals surface area contributed by atoms with Gasteiger partial charge < -0.3 is 24.8 Å². The number of pyridine rings is 1. The Labute approximate surface area is 280 Å². The first-order chi connectivity index (χ1) is 23.5. The third-order valence-electron chi connectivity index (χ3n) is 8.53. The number of ether oxygens (including phenoxy) is 2. The highest BCUT2D eigenvalue weighted by Crippen LogP contribution is 2.36. The number of benzene rings is 4. The first-order valence-corrected chi connectivity index (χ1v) is 16.3. The van der Waals surface area contributed by atoms with Gasteiger partial charge in [0.15, 0.2) is 5.78 Å². The van der Waals surface area contributed by atoms with Crippen molar-refractivity contribution in [2.75, 3.05) is 26.2 Å². The van der Waals surface area contributed by atoms with Gasteiger partial charge in [-0.15, -0.1) is 0 Å². The number of fused-ring (bicyclic) bond motifs is 1. The monoisotopic (exact) mass is 641 g/mol. The summed E-state index contributed by atoms with van der Waals surface area (Å²) < 4.78 is 12.6. The average Bonchev–Trinajstić information content (AvgIpc) is 3.14. The molecule has 0 aliphatic carbocycles. The third kappa shape index (κ3) is 8.34. The molecule has 1 aliphatic heterocycles. The highest BCUT2D eigenvalue weighted by Gasteiger charge is 2.24. The molecule has 0 bridgehead atoms. The molecule has 48 heavy (non-hydrogen) atoms. The lowest BCUT2D eigenvalue weighted by Crippen LogP contribution is -2.41. The number of carbonyl (C=O) groups is 2. The van der Waals surface area contributed by atoms with Crippen LogP contribution in [0.25, 0.3) is 10.8 Å². The summed E-state index contributed by atoms with van der Waals surface area (Å²) in [6.07, 6.45) is 6.03. The molecular formula is C40H39N3O5. The molecule has 244 valence electrons. The number of aromatic nitrogens is 1. The van der Waals surface area contributed by atoms with E-state index in [0.29, 0.717) is 29.6 Å². The number of ketones is 1. The van der Waals surface area contributed by atoms with Crippen molar-refractivity contribution in [3.8, 4) is 11.5 Å². The van der Waals surface area contributed by atoms with E-state index >= 15 is 0 Å². The molecule has 0 atom stereocenters. The van der Waals surface area contributed by atoms with E-state index in [9.17, 15) is 14.7 Å². The van der Waals surface area contributed by atoms with Crippen molar-refractivity contribution in [1.82, 2.24) is 15.2 Å². The van der Waals surface area contributed by atoms with Gasteiger partial charge in [-0.3, -0.25) is 14.6 Å². The van der Waals surface area contributed by atoms with E-state index in [4.69, 9.17) is 9.47 Å². The summed E-state index contributed by atoms with van der Waals surface area (Å²) in [6, 6.07) is 34.6. The van der Waals surface area contributed by atoms with Crippen LogP contribution < -0.4 is 10.1 Å². The molecule has 1 saturated heterocycles. The summed E-state index contributed by atoms with van der Waals surface area (Å²) in [5, 5.41) is 14.5. The van der Waals surface area contributed by atoms with Gasteiger partial charge in [-0.2, -0.15) is 0 Å². The van der Waals surface area contributed by atoms with Crippen LogP contribution in [-0.4, -0.2) is 59.0 Å². The number of allylic oxidation sites excluding steroid dienone is 1. The summed E-state index contributed by atoms with van der Waals surface area (Å²) in [4.78, 5) is 32.4. The van der Waals surface area contributed by atoms with E-state index < -0.39 is 0 Å². The number of phenolic OH excluding ortho intramolecular Hbond substituents is 1.